The van der Waals surface area contributed by atoms with Gasteiger partial charge in [0.15, 0.2) is 0 Å². The zero-order valence-corrected chi connectivity index (χ0v) is 11.7. The van der Waals surface area contributed by atoms with Crippen molar-refractivity contribution in [3.8, 4) is 0 Å². The van der Waals surface area contributed by atoms with Gasteiger partial charge in [0, 0.05) is 6.08 Å². The summed E-state index contributed by atoms with van der Waals surface area (Å²) in [6, 6.07) is 0. The number of hydrogen-bond donors (Lipinski definition) is 1. The number of allylic oxidation sites excluding steroid dienone is 1. The van der Waals surface area contributed by atoms with Crippen molar-refractivity contribution in [2.24, 2.45) is 0 Å². The smallest absolute Gasteiger partial charge is 0.460 e. The second kappa shape index (κ2) is 6.35. The number of alkyl halides is 15. The molecule has 2 nitrogen and oxygen atoms in total. The van der Waals surface area contributed by atoms with E-state index < -0.39 is 59.8 Å². The van der Waals surface area contributed by atoms with Gasteiger partial charge < -0.3 is 5.11 Å². The largest absolute Gasteiger partial charge is 0.478 e. The molecule has 0 aliphatic heterocycles. The van der Waals surface area contributed by atoms with E-state index in [4.69, 9.17) is 5.11 Å². The molecule has 0 rings (SSSR count). The lowest BCUT2D eigenvalue weighted by molar-refractivity contribution is -0.449. The van der Waals surface area contributed by atoms with E-state index in [0.717, 1.165) is 0 Å². The average molecular weight is 440 g/mol. The first-order chi connectivity index (χ1) is 11.4. The number of halogens is 15. The fraction of sp³-hybridized carbons (Fsp3) is 0.700. The molecular weight excluding hydrogens is 437 g/mol. The molecule has 0 heterocycles. The molecule has 0 saturated heterocycles. The lowest BCUT2D eigenvalue weighted by Gasteiger charge is -2.41. The van der Waals surface area contributed by atoms with Gasteiger partial charge in [0.05, 0.1) is 0 Å². The summed E-state index contributed by atoms with van der Waals surface area (Å²) in [7, 11) is 0. The predicted molar refractivity (Wildman–Crippen MR) is 52.5 cm³/mol. The normalized spacial score (nSPS) is 16.1. The minimum Gasteiger partial charge on any atom is -0.478 e. The van der Waals surface area contributed by atoms with Gasteiger partial charge in [0.25, 0.3) is 0 Å². The van der Waals surface area contributed by atoms with Crippen LogP contribution in [0.2, 0.25) is 0 Å². The van der Waals surface area contributed by atoms with Crippen molar-refractivity contribution in [3.05, 3.63) is 12.2 Å². The summed E-state index contributed by atoms with van der Waals surface area (Å²) in [5.74, 6) is -49.9. The van der Waals surface area contributed by atoms with Crippen molar-refractivity contribution in [1.29, 1.82) is 0 Å². The van der Waals surface area contributed by atoms with E-state index in [1.54, 1.807) is 0 Å². The van der Waals surface area contributed by atoms with E-state index in [1.807, 2.05) is 0 Å². The SMILES string of the molecule is O=C(O)/C=C/C(F)(F)C(F)(F)C(F)(F)C(F)(F)C(F)(F)C(F)(F)C(F)(F)F. The summed E-state index contributed by atoms with van der Waals surface area (Å²) in [5.41, 5.74) is 0. The molecule has 0 atom stereocenters. The Kier molecular flexibility index (Phi) is 5.92. The van der Waals surface area contributed by atoms with Crippen molar-refractivity contribution in [3.63, 3.8) is 0 Å². The van der Waals surface area contributed by atoms with Gasteiger partial charge in [0.2, 0.25) is 0 Å². The molecule has 0 fully saturated rings. The third-order valence-corrected chi connectivity index (χ3v) is 2.79. The Labute approximate surface area is 137 Å². The summed E-state index contributed by atoms with van der Waals surface area (Å²) in [6.45, 7) is 0. The number of aliphatic carboxylic acids is 1. The van der Waals surface area contributed by atoms with Gasteiger partial charge in [-0.15, -0.1) is 0 Å². The Morgan fingerprint density at radius 1 is 0.556 bits per heavy atom. The van der Waals surface area contributed by atoms with Gasteiger partial charge in [-0.3, -0.25) is 0 Å². The van der Waals surface area contributed by atoms with E-state index in [1.165, 1.54) is 0 Å². The molecule has 0 aliphatic rings. The number of rotatable bonds is 7. The van der Waals surface area contributed by atoms with Crippen molar-refractivity contribution in [2.75, 3.05) is 0 Å². The molecule has 0 unspecified atom stereocenters. The molecule has 0 aromatic rings. The van der Waals surface area contributed by atoms with Gasteiger partial charge in [-0.1, -0.05) is 0 Å². The van der Waals surface area contributed by atoms with Gasteiger partial charge in [0.1, 0.15) is 0 Å². The zero-order chi connectivity index (χ0) is 22.5. The van der Waals surface area contributed by atoms with Gasteiger partial charge >= 0.3 is 47.7 Å². The Morgan fingerprint density at radius 2 is 0.852 bits per heavy atom. The van der Waals surface area contributed by atoms with Crippen LogP contribution in [0.4, 0.5) is 65.9 Å². The highest BCUT2D eigenvalue weighted by Crippen LogP contribution is 2.62. The quantitative estimate of drug-likeness (QED) is 0.447. The second-order valence-corrected chi connectivity index (χ2v) is 4.66. The number of carboxylic acids is 1. The van der Waals surface area contributed by atoms with Crippen LogP contribution in [0.3, 0.4) is 0 Å². The van der Waals surface area contributed by atoms with Gasteiger partial charge in [-0.05, 0) is 6.08 Å². The van der Waals surface area contributed by atoms with Crippen molar-refractivity contribution in [1.82, 2.24) is 0 Å². The molecule has 0 aromatic heterocycles. The lowest BCUT2D eigenvalue weighted by atomic mass is 9.91. The standard InChI is InChI=1S/C10H3F15O2/c11-4(12,2-1-3(26)27)5(13,14)6(15,16)7(17,18)8(19,20)9(21,22)10(23,24)25/h1-2H,(H,26,27)/b2-1+. The van der Waals surface area contributed by atoms with E-state index in [2.05, 4.69) is 0 Å². The van der Waals surface area contributed by atoms with Crippen molar-refractivity contribution >= 4 is 5.97 Å². The van der Waals surface area contributed by atoms with E-state index in [0.29, 0.717) is 0 Å². The van der Waals surface area contributed by atoms with Crippen LogP contribution in [0.1, 0.15) is 0 Å². The summed E-state index contributed by atoms with van der Waals surface area (Å²) in [4.78, 5) is 9.88. The fourth-order valence-electron chi connectivity index (χ4n) is 1.26. The van der Waals surface area contributed by atoms with Crippen LogP contribution in [0, 0.1) is 0 Å². The first-order valence-electron chi connectivity index (χ1n) is 5.67. The zero-order valence-electron chi connectivity index (χ0n) is 11.7. The minimum absolute atomic E-state index is 1.02. The Balaban J connectivity index is 6.51. The summed E-state index contributed by atoms with van der Waals surface area (Å²) in [5, 5.41) is 7.89. The van der Waals surface area contributed by atoms with E-state index in [9.17, 15) is 70.7 Å². The summed E-state index contributed by atoms with van der Waals surface area (Å²) in [6.07, 6.45) is -10.4. The topological polar surface area (TPSA) is 37.3 Å². The van der Waals surface area contributed by atoms with Crippen molar-refractivity contribution < 1.29 is 75.8 Å². The van der Waals surface area contributed by atoms with Gasteiger partial charge in [-0.2, -0.15) is 65.9 Å². The molecule has 27 heavy (non-hydrogen) atoms. The maximum atomic E-state index is 13.1. The number of carboxylic acid groups (broad SMARTS) is 1. The second-order valence-electron chi connectivity index (χ2n) is 4.66. The highest BCUT2D eigenvalue weighted by Gasteiger charge is 2.93. The maximum absolute atomic E-state index is 13.1. The summed E-state index contributed by atoms with van der Waals surface area (Å²) < 4.78 is 190. The first-order valence-corrected chi connectivity index (χ1v) is 5.67. The van der Waals surface area contributed by atoms with E-state index in [-0.39, 0.29) is 0 Å². The van der Waals surface area contributed by atoms with Gasteiger partial charge in [-0.25, -0.2) is 4.79 Å². The molecule has 0 radical (unpaired) electrons. The lowest BCUT2D eigenvalue weighted by Crippen LogP contribution is -2.72. The van der Waals surface area contributed by atoms with Crippen LogP contribution in [0.15, 0.2) is 12.2 Å². The van der Waals surface area contributed by atoms with Crippen molar-refractivity contribution in [2.45, 2.75) is 41.7 Å². The molecule has 0 aromatic carbocycles. The molecule has 17 heteroatoms. The fourth-order valence-corrected chi connectivity index (χ4v) is 1.26. The van der Waals surface area contributed by atoms with Crippen LogP contribution >= 0.6 is 0 Å². The molecule has 0 spiro atoms. The number of hydrogen-bond acceptors (Lipinski definition) is 1. The first kappa shape index (κ1) is 25.2. The maximum Gasteiger partial charge on any atom is 0.460 e. The summed E-state index contributed by atoms with van der Waals surface area (Å²) >= 11 is 0. The average Bonchev–Trinajstić information content (AvgIpc) is 2.42. The van der Waals surface area contributed by atoms with E-state index >= 15 is 0 Å². The number of carbonyl (C=O) groups is 1. The highest BCUT2D eigenvalue weighted by atomic mass is 19.4. The predicted octanol–water partition coefficient (Wildman–Crippen LogP) is 5.00. The Bertz CT molecular complexity index is 600. The highest BCUT2D eigenvalue weighted by molar-refractivity contribution is 5.79. The molecule has 1 N–H and O–H groups in total. The monoisotopic (exact) mass is 440 g/mol. The molecule has 0 bridgehead atoms. The van der Waals surface area contributed by atoms with Crippen LogP contribution in [0.25, 0.3) is 0 Å². The molecule has 0 saturated carbocycles. The third kappa shape index (κ3) is 3.51. The van der Waals surface area contributed by atoms with Crippen LogP contribution in [0.5, 0.6) is 0 Å². The Hall–Kier alpha value is -1.84. The molecule has 0 aliphatic carbocycles. The molecule has 0 amide bonds. The minimum atomic E-state index is -8.39. The van der Waals surface area contributed by atoms with Crippen LogP contribution in [-0.2, 0) is 4.79 Å². The molecule has 160 valence electrons. The van der Waals surface area contributed by atoms with Crippen LogP contribution in [-0.4, -0.2) is 52.8 Å². The molecular formula is C10H3F15O2. The Morgan fingerprint density at radius 3 is 1.15 bits per heavy atom. The third-order valence-electron chi connectivity index (χ3n) is 2.79. The van der Waals surface area contributed by atoms with Crippen LogP contribution < -0.4 is 0 Å².